The van der Waals surface area contributed by atoms with E-state index in [0.29, 0.717) is 39.0 Å². The van der Waals surface area contributed by atoms with Gasteiger partial charge in [0, 0.05) is 33.0 Å². The van der Waals surface area contributed by atoms with Gasteiger partial charge in [0.1, 0.15) is 36.8 Å². The smallest absolute Gasteiger partial charge is 0.245 e. The first-order valence-electron chi connectivity index (χ1n) is 26.3. The largest absolute Gasteiger partial charge is 0.394 e. The van der Waals surface area contributed by atoms with Gasteiger partial charge < -0.3 is 72.6 Å². The van der Waals surface area contributed by atoms with Gasteiger partial charge >= 0.3 is 0 Å². The van der Waals surface area contributed by atoms with Crippen molar-refractivity contribution in [3.63, 3.8) is 0 Å². The molecular weight excluding hydrogens is 939 g/mol. The number of ether oxygens (including phenoxy) is 2. The van der Waals surface area contributed by atoms with Gasteiger partial charge in [0.05, 0.1) is 70.7 Å². The summed E-state index contributed by atoms with van der Waals surface area (Å²) in [5.74, 6) is -3.71. The number of carbonyl (C=O) groups is 6. The van der Waals surface area contributed by atoms with E-state index in [1.807, 2.05) is 6.92 Å². The average molecular weight is 1030 g/mol. The Hall–Kier alpha value is -4.11. The van der Waals surface area contributed by atoms with Gasteiger partial charge in [0.2, 0.25) is 35.4 Å². The molecule has 1 aliphatic rings. The normalized spacial score (nSPS) is 16.6. The first-order chi connectivity index (χ1) is 34.7. The molecule has 0 radical (unpaired) electrons. The molecule has 0 fully saturated rings. The Morgan fingerprint density at radius 2 is 1.26 bits per heavy atom. The van der Waals surface area contributed by atoms with Crippen LogP contribution in [0, 0.1) is 0 Å². The lowest BCUT2D eigenvalue weighted by atomic mass is 10.0. The summed E-state index contributed by atoms with van der Waals surface area (Å²) in [5, 5.41) is 76.8. The van der Waals surface area contributed by atoms with Crippen LogP contribution in [-0.4, -0.2) is 189 Å². The Kier molecular flexibility index (Phi) is 38.7. The molecule has 418 valence electrons. The molecule has 0 aliphatic carbocycles. The summed E-state index contributed by atoms with van der Waals surface area (Å²) in [6, 6.07) is -6.66. The third kappa shape index (κ3) is 32.2. The Labute approximate surface area is 426 Å². The fraction of sp³-hybridized carbons (Fsp3) is 0.854. The third-order valence-corrected chi connectivity index (χ3v) is 12.1. The van der Waals surface area contributed by atoms with Crippen LogP contribution >= 0.6 is 0 Å². The molecule has 0 unspecified atom stereocenters. The number of unbranched alkanes of at least 4 members (excludes halogenated alkanes) is 13. The van der Waals surface area contributed by atoms with Crippen molar-refractivity contribution in [1.82, 2.24) is 47.9 Å². The summed E-state index contributed by atoms with van der Waals surface area (Å²) in [7, 11) is 1.43. The van der Waals surface area contributed by atoms with Crippen molar-refractivity contribution < 1.29 is 63.8 Å². The molecule has 9 atom stereocenters. The molecule has 0 bridgehead atoms. The fourth-order valence-electron chi connectivity index (χ4n) is 7.79. The molecule has 6 amide bonds. The molecule has 0 aromatic rings. The van der Waals surface area contributed by atoms with Crippen molar-refractivity contribution in [3.8, 4) is 0 Å². The van der Waals surface area contributed by atoms with Gasteiger partial charge in [-0.25, -0.2) is 0 Å². The lowest BCUT2D eigenvalue weighted by molar-refractivity contribution is -0.131. The minimum atomic E-state index is -1.71. The Balaban J connectivity index is 2.55. The number of nitrogens with two attached hydrogens (primary N) is 1. The number of nitrogens with zero attached hydrogens (tertiary/aromatic N) is 1. The second kappa shape index (κ2) is 42.3. The first kappa shape index (κ1) is 65.9. The Morgan fingerprint density at radius 3 is 1.85 bits per heavy atom. The maximum absolute atomic E-state index is 13.4. The minimum absolute atomic E-state index is 0.00524. The SMILES string of the molecule is CCCCCCCCCCCCCCCC(=O)NCCOCCOC[C@@H](O)NCC(=O)N[C@@H](CO)C(=O)N[C@@H](CCC(N)=O)[C@H](O)N[C@@H](C[C@H]1CNC=N1)[C@H](O)N[C@@H](CO)C(=O)N[C@@H](CCCC)C(=O)NC. The topological polar surface area (TPSA) is 369 Å². The van der Waals surface area contributed by atoms with Crippen LogP contribution in [0.4, 0.5) is 0 Å². The number of likely N-dealkylation sites (N-methyl/N-ethyl adjacent to an activating group) is 1. The quantitative estimate of drug-likeness (QED) is 0.0234. The van der Waals surface area contributed by atoms with Gasteiger partial charge in [0.25, 0.3) is 0 Å². The molecule has 0 saturated carbocycles. The molecule has 0 aromatic carbocycles. The van der Waals surface area contributed by atoms with Crippen molar-refractivity contribution in [2.45, 2.75) is 197 Å². The zero-order valence-electron chi connectivity index (χ0n) is 43.3. The highest BCUT2D eigenvalue weighted by Gasteiger charge is 2.34. The van der Waals surface area contributed by atoms with Gasteiger partial charge in [-0.15, -0.1) is 0 Å². The van der Waals surface area contributed by atoms with Gasteiger partial charge in [-0.3, -0.25) is 49.7 Å². The molecule has 16 N–H and O–H groups in total. The van der Waals surface area contributed by atoms with E-state index in [9.17, 15) is 54.3 Å². The molecular formula is C48H93N11O13. The second-order valence-electron chi connectivity index (χ2n) is 18.3. The number of hydrogen-bond acceptors (Lipinski definition) is 18. The number of hydrogen-bond donors (Lipinski definition) is 15. The zero-order chi connectivity index (χ0) is 53.4. The lowest BCUT2D eigenvalue weighted by Gasteiger charge is -2.34. The molecule has 1 aliphatic heterocycles. The molecule has 24 nitrogen and oxygen atoms in total. The first-order valence-corrected chi connectivity index (χ1v) is 26.3. The van der Waals surface area contributed by atoms with Crippen LogP contribution in [0.3, 0.4) is 0 Å². The molecule has 1 heterocycles. The summed E-state index contributed by atoms with van der Waals surface area (Å²) in [6.07, 6.45) is 14.8. The van der Waals surface area contributed by atoms with Crippen molar-refractivity contribution >= 4 is 41.8 Å². The standard InChI is InChI=1S/C48H93N11O13/c1-4-6-8-9-10-11-12-13-14-15-16-17-18-20-41(63)52-23-24-71-25-26-72-32-43(65)53-29-42(64)55-38(30-60)47(69)57-36(21-22-40(49)62)45(67)58-37(27-34-28-51-33-54-34)46(68)59-39(31-61)48(70)56-35(19-7-5-2)44(66)50-3/h33-39,43,45-46,53,58-61,65,67-68H,4-32H2,1-3H3,(H2,49,62)(H,50,66)(H,51,54)(H,52,63)(H,55,64)(H,56,70)(H,57,69)/t34-,35-,36-,37-,38-,39-,43+,45-,46-/m0/s1. The number of rotatable bonds is 47. The van der Waals surface area contributed by atoms with Gasteiger partial charge in [-0.1, -0.05) is 104 Å². The third-order valence-electron chi connectivity index (χ3n) is 12.1. The summed E-state index contributed by atoms with van der Waals surface area (Å²) in [5.41, 5.74) is 5.37. The highest BCUT2D eigenvalue weighted by Crippen LogP contribution is 2.14. The van der Waals surface area contributed by atoms with E-state index in [1.165, 1.54) is 77.6 Å². The highest BCUT2D eigenvalue weighted by molar-refractivity contribution is 5.90. The van der Waals surface area contributed by atoms with Crippen LogP contribution in [0.5, 0.6) is 0 Å². The summed E-state index contributed by atoms with van der Waals surface area (Å²) >= 11 is 0. The predicted octanol–water partition coefficient (Wildman–Crippen LogP) is -1.89. The summed E-state index contributed by atoms with van der Waals surface area (Å²) < 4.78 is 10.9. The number of primary amides is 1. The van der Waals surface area contributed by atoms with Crippen molar-refractivity contribution in [3.05, 3.63) is 0 Å². The van der Waals surface area contributed by atoms with E-state index >= 15 is 0 Å². The van der Waals surface area contributed by atoms with E-state index in [2.05, 4.69) is 59.8 Å². The monoisotopic (exact) mass is 1030 g/mol. The molecule has 1 rings (SSSR count). The number of aliphatic imine (C=N–C) groups is 1. The van der Waals surface area contributed by atoms with Gasteiger partial charge in [-0.05, 0) is 25.7 Å². The van der Waals surface area contributed by atoms with E-state index in [1.54, 1.807) is 0 Å². The van der Waals surface area contributed by atoms with Crippen molar-refractivity contribution in [2.75, 3.05) is 66.3 Å². The van der Waals surface area contributed by atoms with Crippen LogP contribution < -0.4 is 53.6 Å². The lowest BCUT2D eigenvalue weighted by Crippen LogP contribution is -2.63. The molecule has 24 heteroatoms. The van der Waals surface area contributed by atoms with Gasteiger partial charge in [-0.2, -0.15) is 0 Å². The minimum Gasteiger partial charge on any atom is -0.394 e. The number of aliphatic hydroxyl groups is 5. The maximum Gasteiger partial charge on any atom is 0.245 e. The van der Waals surface area contributed by atoms with Crippen LogP contribution in [0.25, 0.3) is 0 Å². The fourth-order valence-corrected chi connectivity index (χ4v) is 7.79. The van der Waals surface area contributed by atoms with E-state index in [-0.39, 0.29) is 45.0 Å². The zero-order valence-corrected chi connectivity index (χ0v) is 43.3. The number of nitrogens with one attached hydrogen (secondary N) is 9. The summed E-state index contributed by atoms with van der Waals surface area (Å²) in [6.45, 7) is 3.18. The molecule has 72 heavy (non-hydrogen) atoms. The Bertz CT molecular complexity index is 1520. The number of carbonyl (C=O) groups excluding carboxylic acids is 6. The number of amides is 6. The molecule has 0 spiro atoms. The van der Waals surface area contributed by atoms with Crippen LogP contribution in [0.2, 0.25) is 0 Å². The Morgan fingerprint density at radius 1 is 0.667 bits per heavy atom. The highest BCUT2D eigenvalue weighted by atomic mass is 16.5. The van der Waals surface area contributed by atoms with Crippen molar-refractivity contribution in [2.24, 2.45) is 10.7 Å². The van der Waals surface area contributed by atoms with Crippen LogP contribution in [-0.2, 0) is 38.2 Å². The summed E-state index contributed by atoms with van der Waals surface area (Å²) in [4.78, 5) is 79.9. The maximum atomic E-state index is 13.4. The number of aliphatic hydroxyl groups excluding tert-OH is 5. The van der Waals surface area contributed by atoms with Gasteiger partial charge in [0.15, 0.2) is 0 Å². The predicted molar refractivity (Wildman–Crippen MR) is 272 cm³/mol. The van der Waals surface area contributed by atoms with E-state index < -0.39 is 104 Å². The second-order valence-corrected chi connectivity index (χ2v) is 18.3. The van der Waals surface area contributed by atoms with Crippen LogP contribution in [0.1, 0.15) is 142 Å². The van der Waals surface area contributed by atoms with Crippen LogP contribution in [0.15, 0.2) is 4.99 Å². The molecule has 0 saturated heterocycles. The van der Waals surface area contributed by atoms with E-state index in [0.717, 1.165) is 25.7 Å². The molecule has 0 aromatic heterocycles. The average Bonchev–Trinajstić information content (AvgIpc) is 3.88. The van der Waals surface area contributed by atoms with Crippen molar-refractivity contribution in [1.29, 1.82) is 0 Å². The van der Waals surface area contributed by atoms with E-state index in [4.69, 9.17) is 15.2 Å².